The molecule has 0 saturated heterocycles. The van der Waals surface area contributed by atoms with Gasteiger partial charge in [0.05, 0.1) is 5.69 Å². The fourth-order valence-corrected chi connectivity index (χ4v) is 2.82. The molecule has 2 N–H and O–H groups in total. The lowest BCUT2D eigenvalue weighted by molar-refractivity contribution is 0.469. The molecule has 0 spiro atoms. The van der Waals surface area contributed by atoms with Crippen molar-refractivity contribution >= 4 is 0 Å². The minimum Gasteiger partial charge on any atom is -0.508 e. The van der Waals surface area contributed by atoms with Crippen LogP contribution in [0.25, 0.3) is 0 Å². The molecule has 0 aliphatic heterocycles. The molecule has 1 unspecified atom stereocenters. The predicted octanol–water partition coefficient (Wildman–Crippen LogP) is 1.95. The third-order valence-electron chi connectivity index (χ3n) is 3.79. The van der Waals surface area contributed by atoms with E-state index in [4.69, 9.17) is 0 Å². The first-order chi connectivity index (χ1) is 9.24. The highest BCUT2D eigenvalue weighted by molar-refractivity contribution is 5.44. The largest absolute Gasteiger partial charge is 0.508 e. The quantitative estimate of drug-likeness (QED) is 0.880. The molecule has 3 rings (SSSR count). The molecule has 1 heterocycles. The average Bonchev–Trinajstić information content (AvgIpc) is 2.98. The van der Waals surface area contributed by atoms with Gasteiger partial charge in [0.1, 0.15) is 5.75 Å². The zero-order valence-electron chi connectivity index (χ0n) is 11.1. The van der Waals surface area contributed by atoms with Gasteiger partial charge >= 0.3 is 0 Å². The molecule has 1 aliphatic rings. The fourth-order valence-electron chi connectivity index (χ4n) is 2.82. The normalized spacial score (nSPS) is 17.6. The van der Waals surface area contributed by atoms with Crippen LogP contribution in [0.3, 0.4) is 0 Å². The van der Waals surface area contributed by atoms with Crippen molar-refractivity contribution in [1.82, 2.24) is 15.1 Å². The van der Waals surface area contributed by atoms with Crippen molar-refractivity contribution in [2.45, 2.75) is 25.3 Å². The Balaban J connectivity index is 1.59. The molecular formula is C15H19N3O. The minimum absolute atomic E-state index is 0.366. The zero-order valence-corrected chi connectivity index (χ0v) is 11.1. The monoisotopic (exact) mass is 257 g/mol. The van der Waals surface area contributed by atoms with Crippen molar-refractivity contribution in [3.8, 4) is 5.75 Å². The lowest BCUT2D eigenvalue weighted by atomic mass is 10.1. The number of fused-ring (bicyclic) bond motifs is 1. The molecule has 1 atom stereocenters. The molecule has 4 heteroatoms. The minimum atomic E-state index is 0.366. The van der Waals surface area contributed by atoms with E-state index >= 15 is 0 Å². The first-order valence-electron chi connectivity index (χ1n) is 6.76. The highest BCUT2D eigenvalue weighted by Crippen LogP contribution is 2.36. The van der Waals surface area contributed by atoms with Crippen LogP contribution in [0.15, 0.2) is 30.5 Å². The molecule has 19 heavy (non-hydrogen) atoms. The number of benzene rings is 1. The van der Waals surface area contributed by atoms with Crippen LogP contribution in [0.2, 0.25) is 0 Å². The number of hydrogen-bond donors (Lipinski definition) is 2. The number of aromatic nitrogens is 2. The van der Waals surface area contributed by atoms with Gasteiger partial charge in [-0.3, -0.25) is 4.68 Å². The maximum atomic E-state index is 9.81. The Morgan fingerprint density at radius 3 is 3.11 bits per heavy atom. The third kappa shape index (κ3) is 2.49. The second-order valence-corrected chi connectivity index (χ2v) is 5.12. The predicted molar refractivity (Wildman–Crippen MR) is 74.1 cm³/mol. The van der Waals surface area contributed by atoms with E-state index in [1.54, 1.807) is 6.07 Å². The van der Waals surface area contributed by atoms with Crippen LogP contribution in [0, 0.1) is 0 Å². The van der Waals surface area contributed by atoms with Gasteiger partial charge in [0.15, 0.2) is 0 Å². The Hall–Kier alpha value is -1.81. The first kappa shape index (κ1) is 12.2. The van der Waals surface area contributed by atoms with Gasteiger partial charge < -0.3 is 10.4 Å². The van der Waals surface area contributed by atoms with Crippen molar-refractivity contribution in [2.24, 2.45) is 7.05 Å². The van der Waals surface area contributed by atoms with E-state index in [-0.39, 0.29) is 0 Å². The number of rotatable bonds is 4. The molecular weight excluding hydrogens is 238 g/mol. The van der Waals surface area contributed by atoms with Gasteiger partial charge in [0.2, 0.25) is 0 Å². The third-order valence-corrected chi connectivity index (χ3v) is 3.79. The van der Waals surface area contributed by atoms with Crippen LogP contribution in [-0.4, -0.2) is 21.4 Å². The number of nitrogens with one attached hydrogen (secondary N) is 1. The number of phenols is 1. The van der Waals surface area contributed by atoms with Gasteiger partial charge in [-0.05, 0) is 36.1 Å². The van der Waals surface area contributed by atoms with Crippen molar-refractivity contribution < 1.29 is 5.11 Å². The molecule has 2 aromatic rings. The Labute approximate surface area is 113 Å². The Morgan fingerprint density at radius 2 is 2.32 bits per heavy atom. The number of phenolic OH excluding ortho intramolecular Hbond substituents is 1. The van der Waals surface area contributed by atoms with Crippen LogP contribution in [0.4, 0.5) is 0 Å². The highest BCUT2D eigenvalue weighted by atomic mass is 16.3. The van der Waals surface area contributed by atoms with Crippen LogP contribution in [0.5, 0.6) is 5.75 Å². The van der Waals surface area contributed by atoms with Gasteiger partial charge in [-0.25, -0.2) is 0 Å². The zero-order chi connectivity index (χ0) is 13.2. The number of aryl methyl sites for hydroxylation is 1. The Bertz CT molecular complexity index is 577. The van der Waals surface area contributed by atoms with Crippen molar-refractivity contribution in [1.29, 1.82) is 0 Å². The van der Waals surface area contributed by atoms with Crippen LogP contribution < -0.4 is 5.32 Å². The number of nitrogens with zero attached hydrogens (tertiary/aromatic N) is 2. The summed E-state index contributed by atoms with van der Waals surface area (Å²) in [6.07, 6.45) is 4.93. The van der Waals surface area contributed by atoms with E-state index in [1.807, 2.05) is 24.0 Å². The van der Waals surface area contributed by atoms with Crippen molar-refractivity contribution in [2.75, 3.05) is 6.54 Å². The summed E-state index contributed by atoms with van der Waals surface area (Å²) in [6, 6.07) is 8.23. The average molecular weight is 257 g/mol. The lowest BCUT2D eigenvalue weighted by Gasteiger charge is -2.13. The topological polar surface area (TPSA) is 50.1 Å². The molecule has 0 fully saturated rings. The van der Waals surface area contributed by atoms with Crippen LogP contribution >= 0.6 is 0 Å². The van der Waals surface area contributed by atoms with E-state index in [0.29, 0.717) is 11.8 Å². The van der Waals surface area contributed by atoms with Crippen molar-refractivity contribution in [3.63, 3.8) is 0 Å². The smallest absolute Gasteiger partial charge is 0.119 e. The number of aromatic hydroxyl groups is 1. The second kappa shape index (κ2) is 5.05. The summed E-state index contributed by atoms with van der Waals surface area (Å²) in [5.74, 6) is 0.437. The van der Waals surface area contributed by atoms with E-state index < -0.39 is 0 Å². The SMILES string of the molecule is Cn1ccc(CCNC2CCc3c(O)cccc32)n1. The summed E-state index contributed by atoms with van der Waals surface area (Å²) in [4.78, 5) is 0. The van der Waals surface area contributed by atoms with Crippen LogP contribution in [0.1, 0.15) is 29.3 Å². The molecule has 0 bridgehead atoms. The summed E-state index contributed by atoms with van der Waals surface area (Å²) >= 11 is 0. The molecule has 1 aromatic carbocycles. The van der Waals surface area contributed by atoms with Gasteiger partial charge in [0, 0.05) is 32.3 Å². The van der Waals surface area contributed by atoms with Crippen LogP contribution in [-0.2, 0) is 19.9 Å². The van der Waals surface area contributed by atoms with Gasteiger partial charge in [-0.15, -0.1) is 0 Å². The Morgan fingerprint density at radius 1 is 1.42 bits per heavy atom. The molecule has 1 aliphatic carbocycles. The molecule has 100 valence electrons. The van der Waals surface area contributed by atoms with E-state index in [0.717, 1.165) is 37.1 Å². The maximum absolute atomic E-state index is 9.81. The molecule has 0 saturated carbocycles. The second-order valence-electron chi connectivity index (χ2n) is 5.12. The summed E-state index contributed by atoms with van der Waals surface area (Å²) in [5, 5.41) is 17.7. The standard InChI is InChI=1S/C15H19N3O/c1-18-10-8-11(17-18)7-9-16-14-6-5-13-12(14)3-2-4-15(13)19/h2-4,8,10,14,16,19H,5-7,9H2,1H3. The first-order valence-corrected chi connectivity index (χ1v) is 6.76. The van der Waals surface area contributed by atoms with Gasteiger partial charge in [0.25, 0.3) is 0 Å². The summed E-state index contributed by atoms with van der Waals surface area (Å²) < 4.78 is 1.83. The van der Waals surface area contributed by atoms with Gasteiger partial charge in [-0.1, -0.05) is 12.1 Å². The Kier molecular flexibility index (Phi) is 3.25. The lowest BCUT2D eigenvalue weighted by Crippen LogP contribution is -2.22. The fraction of sp³-hybridized carbons (Fsp3) is 0.400. The summed E-state index contributed by atoms with van der Waals surface area (Å²) in [5.41, 5.74) is 3.47. The van der Waals surface area contributed by atoms with E-state index in [1.165, 1.54) is 5.56 Å². The van der Waals surface area contributed by atoms with Crippen molar-refractivity contribution in [3.05, 3.63) is 47.3 Å². The van der Waals surface area contributed by atoms with Gasteiger partial charge in [-0.2, -0.15) is 5.10 Å². The molecule has 0 amide bonds. The van der Waals surface area contributed by atoms with E-state index in [9.17, 15) is 5.11 Å². The highest BCUT2D eigenvalue weighted by Gasteiger charge is 2.23. The molecule has 4 nitrogen and oxygen atoms in total. The maximum Gasteiger partial charge on any atom is 0.119 e. The van der Waals surface area contributed by atoms with E-state index in [2.05, 4.69) is 22.5 Å². The number of hydrogen-bond acceptors (Lipinski definition) is 3. The summed E-state index contributed by atoms with van der Waals surface area (Å²) in [7, 11) is 1.94. The molecule has 0 radical (unpaired) electrons. The summed E-state index contributed by atoms with van der Waals surface area (Å²) in [6.45, 7) is 0.913. The molecule has 1 aromatic heterocycles.